The molecule has 0 aliphatic rings. The molecule has 0 aromatic heterocycles. The first-order valence-corrected chi connectivity index (χ1v) is 9.24. The van der Waals surface area contributed by atoms with Gasteiger partial charge in [0.1, 0.15) is 16.4 Å². The third-order valence-corrected chi connectivity index (χ3v) is 5.48. The zero-order valence-electron chi connectivity index (χ0n) is 11.7. The lowest BCUT2D eigenvalue weighted by molar-refractivity contribution is 0.435. The van der Waals surface area contributed by atoms with Gasteiger partial charge in [-0.25, -0.2) is 0 Å². The number of hydrogen-bond donors (Lipinski definition) is 4. The normalized spacial score (nSPS) is 12.8. The maximum absolute atomic E-state index is 11.5. The molecule has 0 saturated heterocycles. The Kier molecular flexibility index (Phi) is 3.46. The van der Waals surface area contributed by atoms with E-state index in [-0.39, 0.29) is 21.9 Å². The SMILES string of the molecule is O=S(=O)(O)c1cc2cc3cccc(O)c3cc2c(O)c1S(=O)(=O)O. The highest BCUT2D eigenvalue weighted by Gasteiger charge is 2.29. The molecule has 3 rings (SSSR count). The fraction of sp³-hybridized carbons (Fsp3) is 0. The van der Waals surface area contributed by atoms with Gasteiger partial charge in [0.05, 0.1) is 0 Å². The Hall–Kier alpha value is -2.40. The van der Waals surface area contributed by atoms with E-state index < -0.39 is 35.8 Å². The summed E-state index contributed by atoms with van der Waals surface area (Å²) in [6, 6.07) is 7.98. The zero-order chi connectivity index (χ0) is 17.9. The zero-order valence-corrected chi connectivity index (χ0v) is 13.3. The van der Waals surface area contributed by atoms with E-state index >= 15 is 0 Å². The van der Waals surface area contributed by atoms with Crippen LogP contribution in [0.2, 0.25) is 0 Å². The van der Waals surface area contributed by atoms with Crippen LogP contribution in [0.4, 0.5) is 0 Å². The number of hydrogen-bond acceptors (Lipinski definition) is 6. The summed E-state index contributed by atoms with van der Waals surface area (Å²) in [6.07, 6.45) is 0. The monoisotopic (exact) mass is 370 g/mol. The van der Waals surface area contributed by atoms with Crippen LogP contribution in [0.25, 0.3) is 21.5 Å². The van der Waals surface area contributed by atoms with Gasteiger partial charge < -0.3 is 10.2 Å². The standard InChI is InChI=1S/C14H10O8S2/c15-11-3-1-2-7-4-8-5-12(23(17,18)19)14(24(20,21)22)13(16)10(8)6-9(7)11/h1-6,15-16H,(H,17,18,19)(H,20,21,22). The van der Waals surface area contributed by atoms with E-state index in [1.54, 1.807) is 12.1 Å². The molecule has 0 heterocycles. The van der Waals surface area contributed by atoms with Crippen molar-refractivity contribution < 1.29 is 36.2 Å². The van der Waals surface area contributed by atoms with Crippen LogP contribution in [-0.4, -0.2) is 36.2 Å². The van der Waals surface area contributed by atoms with E-state index in [0.717, 1.165) is 6.07 Å². The first-order chi connectivity index (χ1) is 11.0. The van der Waals surface area contributed by atoms with Crippen molar-refractivity contribution in [1.29, 1.82) is 0 Å². The highest BCUT2D eigenvalue weighted by atomic mass is 32.2. The number of aromatic hydroxyl groups is 2. The van der Waals surface area contributed by atoms with Crippen LogP contribution < -0.4 is 0 Å². The minimum absolute atomic E-state index is 0.0885. The molecule has 0 unspecified atom stereocenters. The molecule has 10 heteroatoms. The van der Waals surface area contributed by atoms with Gasteiger partial charge >= 0.3 is 0 Å². The summed E-state index contributed by atoms with van der Waals surface area (Å²) >= 11 is 0. The molecule has 3 aromatic carbocycles. The Morgan fingerprint density at radius 3 is 2.00 bits per heavy atom. The van der Waals surface area contributed by atoms with E-state index in [1.807, 2.05) is 0 Å². The summed E-state index contributed by atoms with van der Waals surface area (Å²) in [7, 11) is -10.2. The summed E-state index contributed by atoms with van der Waals surface area (Å²) in [5.41, 5.74) is 0. The molecule has 0 aliphatic heterocycles. The second-order valence-electron chi connectivity index (χ2n) is 5.07. The third kappa shape index (κ3) is 2.55. The van der Waals surface area contributed by atoms with Crippen molar-refractivity contribution in [3.8, 4) is 11.5 Å². The molecule has 3 aromatic rings. The average Bonchev–Trinajstić information content (AvgIpc) is 2.43. The molecular weight excluding hydrogens is 360 g/mol. The van der Waals surface area contributed by atoms with Crippen molar-refractivity contribution >= 4 is 41.8 Å². The topological polar surface area (TPSA) is 149 Å². The van der Waals surface area contributed by atoms with Crippen molar-refractivity contribution in [2.45, 2.75) is 9.79 Å². The van der Waals surface area contributed by atoms with Gasteiger partial charge in [0, 0.05) is 10.8 Å². The van der Waals surface area contributed by atoms with Gasteiger partial charge in [-0.05, 0) is 35.0 Å². The Labute approximate surface area is 136 Å². The molecule has 0 radical (unpaired) electrons. The molecule has 126 valence electrons. The van der Waals surface area contributed by atoms with Gasteiger partial charge in [0.15, 0.2) is 4.90 Å². The third-order valence-electron chi connectivity index (χ3n) is 3.54. The number of fused-ring (bicyclic) bond motifs is 2. The summed E-state index contributed by atoms with van der Waals surface area (Å²) < 4.78 is 64.3. The maximum atomic E-state index is 11.5. The molecule has 0 spiro atoms. The highest BCUT2D eigenvalue weighted by Crippen LogP contribution is 2.40. The Balaban J connectivity index is 2.61. The summed E-state index contributed by atoms with van der Waals surface area (Å²) in [5, 5.41) is 20.8. The van der Waals surface area contributed by atoms with Gasteiger partial charge in [0.2, 0.25) is 0 Å². The van der Waals surface area contributed by atoms with Crippen molar-refractivity contribution in [3.63, 3.8) is 0 Å². The smallest absolute Gasteiger partial charge is 0.299 e. The Morgan fingerprint density at radius 1 is 0.750 bits per heavy atom. The highest BCUT2D eigenvalue weighted by molar-refractivity contribution is 7.89. The lowest BCUT2D eigenvalue weighted by Gasteiger charge is -2.12. The molecule has 0 amide bonds. The first-order valence-electron chi connectivity index (χ1n) is 6.36. The van der Waals surface area contributed by atoms with Gasteiger partial charge in [-0.15, -0.1) is 0 Å². The van der Waals surface area contributed by atoms with E-state index in [2.05, 4.69) is 0 Å². The summed E-state index contributed by atoms with van der Waals surface area (Å²) in [4.78, 5) is -2.47. The largest absolute Gasteiger partial charge is 0.507 e. The fourth-order valence-electron chi connectivity index (χ4n) is 2.54. The van der Waals surface area contributed by atoms with Crippen LogP contribution >= 0.6 is 0 Å². The number of phenols is 2. The minimum atomic E-state index is -5.15. The van der Waals surface area contributed by atoms with E-state index in [9.17, 15) is 36.2 Å². The van der Waals surface area contributed by atoms with Gasteiger partial charge in [0.25, 0.3) is 20.2 Å². The van der Waals surface area contributed by atoms with Crippen LogP contribution in [0, 0.1) is 0 Å². The first kappa shape index (κ1) is 16.5. The lowest BCUT2D eigenvalue weighted by Crippen LogP contribution is -2.09. The predicted octanol–water partition coefficient (Wildman–Crippen LogP) is 1.90. The molecule has 0 saturated carbocycles. The molecule has 24 heavy (non-hydrogen) atoms. The number of rotatable bonds is 2. The van der Waals surface area contributed by atoms with Gasteiger partial charge in [-0.1, -0.05) is 12.1 Å². The molecule has 0 atom stereocenters. The van der Waals surface area contributed by atoms with E-state index in [1.165, 1.54) is 18.2 Å². The molecule has 8 nitrogen and oxygen atoms in total. The quantitative estimate of drug-likeness (QED) is 0.395. The minimum Gasteiger partial charge on any atom is -0.507 e. The van der Waals surface area contributed by atoms with Crippen LogP contribution in [-0.2, 0) is 20.2 Å². The molecular formula is C14H10O8S2. The van der Waals surface area contributed by atoms with Crippen LogP contribution in [0.3, 0.4) is 0 Å². The maximum Gasteiger partial charge on any atom is 0.299 e. The van der Waals surface area contributed by atoms with Crippen molar-refractivity contribution in [3.05, 3.63) is 36.4 Å². The van der Waals surface area contributed by atoms with E-state index in [0.29, 0.717) is 5.39 Å². The molecule has 0 aliphatic carbocycles. The summed E-state index contributed by atoms with van der Waals surface area (Å²) in [6.45, 7) is 0. The molecule has 0 fully saturated rings. The molecule has 4 N–H and O–H groups in total. The van der Waals surface area contributed by atoms with Crippen molar-refractivity contribution in [1.82, 2.24) is 0 Å². The average molecular weight is 370 g/mol. The van der Waals surface area contributed by atoms with Gasteiger partial charge in [-0.2, -0.15) is 16.8 Å². The second-order valence-corrected chi connectivity index (χ2v) is 7.82. The lowest BCUT2D eigenvalue weighted by atomic mass is 10.0. The summed E-state index contributed by atoms with van der Waals surface area (Å²) in [5.74, 6) is -1.19. The van der Waals surface area contributed by atoms with Crippen molar-refractivity contribution in [2.24, 2.45) is 0 Å². The predicted molar refractivity (Wildman–Crippen MR) is 84.4 cm³/mol. The van der Waals surface area contributed by atoms with E-state index in [4.69, 9.17) is 0 Å². The van der Waals surface area contributed by atoms with Crippen LogP contribution in [0.1, 0.15) is 0 Å². The van der Waals surface area contributed by atoms with Gasteiger partial charge in [-0.3, -0.25) is 9.11 Å². The molecule has 0 bridgehead atoms. The number of phenolic OH excluding ortho intramolecular Hbond substituents is 2. The fourth-order valence-corrected chi connectivity index (χ4v) is 4.44. The van der Waals surface area contributed by atoms with Crippen LogP contribution in [0.15, 0.2) is 46.2 Å². The van der Waals surface area contributed by atoms with Crippen LogP contribution in [0.5, 0.6) is 11.5 Å². The van der Waals surface area contributed by atoms with Crippen molar-refractivity contribution in [2.75, 3.05) is 0 Å². The second kappa shape index (κ2) is 5.05. The Morgan fingerprint density at radius 2 is 1.42 bits per heavy atom. The Bertz CT molecular complexity index is 1210. The number of benzene rings is 3.